The molecule has 1 aliphatic rings. The van der Waals surface area contributed by atoms with Crippen molar-refractivity contribution in [3.63, 3.8) is 0 Å². The fraction of sp³-hybridized carbons (Fsp3) is 0.168. The molecule has 1 aliphatic heterocycles. The maximum absolute atomic E-state index is 13.2. The number of hydrogen-bond donors (Lipinski definition) is 4. The fourth-order valence-corrected chi connectivity index (χ4v) is 15.9. The van der Waals surface area contributed by atoms with E-state index in [2.05, 4.69) is 82.2 Å². The summed E-state index contributed by atoms with van der Waals surface area (Å²) < 4.78 is 83.4. The van der Waals surface area contributed by atoms with Gasteiger partial charge >= 0.3 is 6.18 Å². The summed E-state index contributed by atoms with van der Waals surface area (Å²) in [5, 5.41) is 23.3. The summed E-state index contributed by atoms with van der Waals surface area (Å²) in [5.41, 5.74) is 38.2. The lowest BCUT2D eigenvalue weighted by atomic mass is 9.98. The first-order valence-electron chi connectivity index (χ1n) is 41.7. The summed E-state index contributed by atoms with van der Waals surface area (Å²) in [5.74, 6) is 1.51. The molecule has 0 amide bonds. The van der Waals surface area contributed by atoms with Gasteiger partial charge in [0, 0.05) is 152 Å². The van der Waals surface area contributed by atoms with E-state index in [0.29, 0.717) is 129 Å². The summed E-state index contributed by atoms with van der Waals surface area (Å²) in [6.07, 6.45) is 17.6. The Kier molecular flexibility index (Phi) is 26.8. The highest BCUT2D eigenvalue weighted by atomic mass is 35.5. The van der Waals surface area contributed by atoms with Crippen LogP contribution < -0.4 is 41.9 Å². The van der Waals surface area contributed by atoms with Crippen molar-refractivity contribution in [2.75, 3.05) is 56.3 Å². The number of fused-ring (bicyclic) bond motifs is 4. The van der Waals surface area contributed by atoms with E-state index in [1.165, 1.54) is 22.9 Å². The number of halogens is 8. The summed E-state index contributed by atoms with van der Waals surface area (Å²) in [6, 6.07) is 48.2. The van der Waals surface area contributed by atoms with Crippen molar-refractivity contribution in [2.45, 2.75) is 38.8 Å². The van der Waals surface area contributed by atoms with Gasteiger partial charge in [-0.1, -0.05) is 88.9 Å². The standard InChI is InChI=1S/C24H19ClF3N7O.C24H18ClFN6O.C24H26ClN7O.C23H18ClN7O/c1-34-7-5-18(33-34)21-20(15-11-14-3-2-6-30-19(14)17(25)12-15)32-23(22(29)31-21)36-10-9-35-8-4-16(13-35)24(26,27)28;1-32-10-8-19(31-32)22-21(16-11-15-3-2-9-28-20(15)18(25)12-16)30-24(23(27)29-22)33-13-14-4-6-17(26)7-5-14;1-31-9-5-15(6-10-31)14-33-24-23(26)28-22(19-7-11-32(2)30-19)21(29-24)17-12-16-4-3-8-27-20(16)18(25)13-17;1-31-9-6-18(30-31)21-20(16-10-15-5-3-8-27-19(15)17(24)11-16)29-23(22(25)28-21)32-13-14-4-2-7-26-12-14/h2-8,11-13H,9-10H2,1H3,(H2,29,31);2-12H,13H2,1H3,(H2,27,29);3-4,7-8,11-13,15H,5-6,9-10,14H2,1-2H3,(H2,26,28);2-12H,13H2,1H3,(H2,25,28). The number of anilines is 4. The first kappa shape index (κ1) is 90.5. The Balaban J connectivity index is 0.000000124. The van der Waals surface area contributed by atoms with Crippen LogP contribution in [-0.2, 0) is 54.1 Å². The van der Waals surface area contributed by atoms with Crippen LogP contribution in [0.3, 0.4) is 0 Å². The number of alkyl halides is 3. The third-order valence-electron chi connectivity index (χ3n) is 21.5. The molecule has 0 radical (unpaired) electrons. The van der Waals surface area contributed by atoms with Gasteiger partial charge in [-0.2, -0.15) is 33.6 Å². The van der Waals surface area contributed by atoms with E-state index >= 15 is 0 Å². The number of pyridine rings is 5. The molecule has 0 saturated carbocycles. The minimum Gasteiger partial charge on any atom is -0.475 e. The number of ether oxygens (including phenoxy) is 4. The third kappa shape index (κ3) is 21.0. The lowest BCUT2D eigenvalue weighted by Gasteiger charge is -2.28. The average molecular weight is 1880 g/mol. The van der Waals surface area contributed by atoms with Crippen LogP contribution in [0.1, 0.15) is 29.5 Å². The first-order valence-corrected chi connectivity index (χ1v) is 43.2. The minimum absolute atomic E-state index is 0.0234. The molecule has 5 aromatic carbocycles. The van der Waals surface area contributed by atoms with Crippen LogP contribution in [0.2, 0.25) is 20.1 Å². The summed E-state index contributed by atoms with van der Waals surface area (Å²) >= 11 is 26.1. The Hall–Kier alpha value is -15.4. The van der Waals surface area contributed by atoms with E-state index in [0.717, 1.165) is 93.1 Å². The van der Waals surface area contributed by atoms with Crippen LogP contribution in [0, 0.1) is 11.7 Å². The Bertz CT molecular complexity index is 7500. The number of hydrogen-bond acceptors (Lipinski definition) is 26. The number of aromatic nitrogens is 22. The van der Waals surface area contributed by atoms with E-state index in [1.54, 1.807) is 106 Å². The van der Waals surface area contributed by atoms with Gasteiger partial charge in [-0.25, -0.2) is 44.3 Å². The van der Waals surface area contributed by atoms with Crippen molar-refractivity contribution in [1.82, 2.24) is 113 Å². The quantitative estimate of drug-likeness (QED) is 0.0485. The molecule has 39 heteroatoms. The monoisotopic (exact) mass is 1880 g/mol. The third-order valence-corrected chi connectivity index (χ3v) is 22.6. The molecular formula is C95H81Cl4F4N27O4. The molecule has 15 heterocycles. The molecular weight excluding hydrogens is 1800 g/mol. The molecule has 20 rings (SSSR count). The second kappa shape index (κ2) is 39.7. The van der Waals surface area contributed by atoms with Crippen molar-refractivity contribution in [2.24, 2.45) is 34.1 Å². The molecule has 1 saturated heterocycles. The van der Waals surface area contributed by atoms with E-state index < -0.39 is 11.7 Å². The normalized spacial score (nSPS) is 12.3. The van der Waals surface area contributed by atoms with Gasteiger partial charge in [-0.15, -0.1) is 0 Å². The average Bonchev–Trinajstić information content (AvgIpc) is 1.28. The van der Waals surface area contributed by atoms with Crippen molar-refractivity contribution in [3.05, 3.63) is 281 Å². The number of rotatable bonds is 21. The Morgan fingerprint density at radius 1 is 0.388 bits per heavy atom. The number of likely N-dealkylation sites (tertiary alicyclic amines) is 1. The molecule has 0 unspecified atom stereocenters. The zero-order valence-corrected chi connectivity index (χ0v) is 75.2. The number of aryl methyl sites for hydroxylation is 4. The van der Waals surface area contributed by atoms with E-state index in [1.807, 2.05) is 149 Å². The highest BCUT2D eigenvalue weighted by Crippen LogP contribution is 2.43. The number of nitrogens with two attached hydrogens (primary N) is 4. The SMILES string of the molecule is CN1CCC(COc2nc(-c3cc(Cl)c4ncccc4c3)c(-c3ccn(C)n3)nc2N)CC1.Cn1ccc(-c2nc(N)c(OCCn3ccc(C(F)(F)F)c3)nc2-c2cc(Cl)c3ncccc3c2)n1.Cn1ccc(-c2nc(N)c(OCc3ccc(F)cc3)nc2-c2cc(Cl)c3ncccc3c2)n1.Cn1ccc(-c2nc(N)c(OCc3cccnc3)nc2-c2cc(Cl)c3ncccc3c2)n1. The predicted octanol–water partition coefficient (Wildman–Crippen LogP) is 18.6. The largest absolute Gasteiger partial charge is 0.475 e. The van der Waals surface area contributed by atoms with E-state index in [-0.39, 0.29) is 73.1 Å². The maximum atomic E-state index is 13.2. The van der Waals surface area contributed by atoms with Crippen molar-refractivity contribution < 1.29 is 36.5 Å². The van der Waals surface area contributed by atoms with Crippen molar-refractivity contribution in [1.29, 1.82) is 0 Å². The highest BCUT2D eigenvalue weighted by Gasteiger charge is 2.32. The summed E-state index contributed by atoms with van der Waals surface area (Å²) in [4.78, 5) is 61.1. The Labute approximate surface area is 782 Å². The van der Waals surface area contributed by atoms with E-state index in [9.17, 15) is 17.6 Å². The van der Waals surface area contributed by atoms with Crippen LogP contribution in [0.5, 0.6) is 23.5 Å². The topological polar surface area (TPSA) is 388 Å². The molecule has 676 valence electrons. The Morgan fingerprint density at radius 3 is 1.07 bits per heavy atom. The van der Waals surface area contributed by atoms with Crippen LogP contribution >= 0.6 is 46.4 Å². The second-order valence-corrected chi connectivity index (χ2v) is 32.8. The number of benzene rings is 5. The first-order chi connectivity index (χ1) is 64.7. The van der Waals surface area contributed by atoms with Crippen molar-refractivity contribution in [3.8, 4) is 114 Å². The van der Waals surface area contributed by atoms with Gasteiger partial charge in [0.05, 0.1) is 60.9 Å². The molecule has 1 fully saturated rings. The van der Waals surface area contributed by atoms with Gasteiger partial charge in [0.2, 0.25) is 0 Å². The molecule has 0 atom stereocenters. The molecule has 0 aliphatic carbocycles. The molecule has 0 bridgehead atoms. The van der Waals surface area contributed by atoms with Gasteiger partial charge in [0.25, 0.3) is 23.5 Å². The maximum Gasteiger partial charge on any atom is 0.417 e. The van der Waals surface area contributed by atoms with Gasteiger partial charge < -0.3 is 51.3 Å². The zero-order valence-electron chi connectivity index (χ0n) is 72.2. The van der Waals surface area contributed by atoms with Gasteiger partial charge in [0.15, 0.2) is 23.3 Å². The zero-order chi connectivity index (χ0) is 93.4. The molecule has 14 aromatic heterocycles. The number of nitrogen functional groups attached to an aromatic ring is 4. The lowest BCUT2D eigenvalue weighted by molar-refractivity contribution is -0.137. The predicted molar refractivity (Wildman–Crippen MR) is 508 cm³/mol. The van der Waals surface area contributed by atoms with Crippen LogP contribution in [0.15, 0.2) is 238 Å². The number of piperidine rings is 1. The minimum atomic E-state index is -4.41. The van der Waals surface area contributed by atoms with Gasteiger partial charge in [0.1, 0.15) is 94.0 Å². The summed E-state index contributed by atoms with van der Waals surface area (Å²) in [7, 11) is 9.44. The van der Waals surface area contributed by atoms with E-state index in [4.69, 9.17) is 103 Å². The smallest absolute Gasteiger partial charge is 0.417 e. The molecule has 134 heavy (non-hydrogen) atoms. The summed E-state index contributed by atoms with van der Waals surface area (Å²) in [6.45, 7) is 3.31. The van der Waals surface area contributed by atoms with Crippen LogP contribution in [0.4, 0.5) is 40.8 Å². The van der Waals surface area contributed by atoms with Crippen LogP contribution in [-0.4, -0.2) is 147 Å². The Morgan fingerprint density at radius 2 is 0.739 bits per heavy atom. The molecule has 0 spiro atoms. The van der Waals surface area contributed by atoms with Gasteiger partial charge in [-0.05, 0) is 166 Å². The van der Waals surface area contributed by atoms with Crippen molar-refractivity contribution >= 4 is 113 Å². The molecule has 31 nitrogen and oxygen atoms in total. The highest BCUT2D eigenvalue weighted by molar-refractivity contribution is 6.37. The second-order valence-electron chi connectivity index (χ2n) is 31.2. The van der Waals surface area contributed by atoms with Crippen LogP contribution in [0.25, 0.3) is 134 Å². The lowest BCUT2D eigenvalue weighted by Crippen LogP contribution is -2.32. The fourth-order valence-electron chi connectivity index (χ4n) is 14.8. The number of nitrogens with zero attached hydrogens (tertiary/aromatic N) is 23. The van der Waals surface area contributed by atoms with Gasteiger partial charge in [-0.3, -0.25) is 43.6 Å². The molecule has 19 aromatic rings. The molecule has 8 N–H and O–H groups in total.